The van der Waals surface area contributed by atoms with Gasteiger partial charge in [-0.25, -0.2) is 13.2 Å². The van der Waals surface area contributed by atoms with E-state index in [-0.39, 0.29) is 16.1 Å². The molecule has 0 aliphatic rings. The average molecular weight is 360 g/mol. The van der Waals surface area contributed by atoms with Crippen molar-refractivity contribution in [1.29, 1.82) is 0 Å². The minimum Gasteiger partial charge on any atom is -0.464 e. The molecule has 25 heavy (non-hydrogen) atoms. The van der Waals surface area contributed by atoms with Gasteiger partial charge in [0.05, 0.1) is 23.2 Å². The van der Waals surface area contributed by atoms with Gasteiger partial charge in [0, 0.05) is 12.4 Å². The van der Waals surface area contributed by atoms with Crippen LogP contribution in [0, 0.1) is 0 Å². The Balaban J connectivity index is 2.09. The summed E-state index contributed by atoms with van der Waals surface area (Å²) in [7, 11) is -1.17. The molecule has 0 saturated heterocycles. The van der Waals surface area contributed by atoms with E-state index >= 15 is 0 Å². The number of carbonyl (C=O) groups is 1. The van der Waals surface area contributed by atoms with Gasteiger partial charge in [-0.2, -0.15) is 4.73 Å². The molecule has 1 aromatic heterocycles. The molecule has 0 atom stereocenters. The number of methoxy groups -OCH3 is 1. The molecule has 0 aliphatic heterocycles. The summed E-state index contributed by atoms with van der Waals surface area (Å²) in [6, 6.07) is 14.3. The first-order valence-electron chi connectivity index (χ1n) is 7.33. The Hall–Kier alpha value is -3.00. The summed E-state index contributed by atoms with van der Waals surface area (Å²) in [5.41, 5.74) is 0.628. The van der Waals surface area contributed by atoms with E-state index in [0.717, 1.165) is 4.31 Å². The summed E-state index contributed by atoms with van der Waals surface area (Å²) in [4.78, 5) is 11.6. The molecule has 0 spiro atoms. The number of aromatic nitrogens is 1. The lowest BCUT2D eigenvalue weighted by Gasteiger charge is -2.19. The zero-order valence-electron chi connectivity index (χ0n) is 13.6. The molecule has 130 valence electrons. The van der Waals surface area contributed by atoms with Crippen molar-refractivity contribution in [3.8, 4) is 0 Å². The van der Waals surface area contributed by atoms with Gasteiger partial charge < -0.3 is 9.94 Å². The van der Waals surface area contributed by atoms with Crippen LogP contribution in [0.2, 0.25) is 0 Å². The van der Waals surface area contributed by atoms with Gasteiger partial charge in [-0.15, -0.1) is 0 Å². The standard InChI is InChI=1S/C17H16N2O5S/c1-18(13-6-4-3-5-7-13)25(22,23)14-9-8-12-10-16(17(20)24-2)19(21)15(12)11-14/h3-11,21H,1-2H3. The number of benzene rings is 2. The largest absolute Gasteiger partial charge is 0.464 e. The second-order valence-electron chi connectivity index (χ2n) is 5.36. The van der Waals surface area contributed by atoms with Crippen LogP contribution in [0.1, 0.15) is 10.5 Å². The Morgan fingerprint density at radius 3 is 2.44 bits per heavy atom. The molecule has 8 heteroatoms. The van der Waals surface area contributed by atoms with Crippen molar-refractivity contribution in [2.24, 2.45) is 0 Å². The molecular weight excluding hydrogens is 344 g/mol. The topological polar surface area (TPSA) is 88.8 Å². The van der Waals surface area contributed by atoms with Crippen LogP contribution in [0.3, 0.4) is 0 Å². The fraction of sp³-hybridized carbons (Fsp3) is 0.118. The third kappa shape index (κ3) is 2.80. The van der Waals surface area contributed by atoms with E-state index in [9.17, 15) is 18.4 Å². The van der Waals surface area contributed by atoms with Crippen LogP contribution in [0.25, 0.3) is 10.9 Å². The van der Waals surface area contributed by atoms with Gasteiger partial charge in [-0.1, -0.05) is 24.3 Å². The van der Waals surface area contributed by atoms with E-state index in [1.54, 1.807) is 30.3 Å². The Bertz CT molecular complexity index is 1040. The van der Waals surface area contributed by atoms with E-state index in [1.807, 2.05) is 0 Å². The molecule has 0 radical (unpaired) electrons. The number of esters is 1. The molecule has 1 N–H and O–H groups in total. The second kappa shape index (κ2) is 6.14. The van der Waals surface area contributed by atoms with Crippen molar-refractivity contribution in [2.45, 2.75) is 4.90 Å². The number of hydrogen-bond donors (Lipinski definition) is 1. The van der Waals surface area contributed by atoms with Crippen molar-refractivity contribution in [3.63, 3.8) is 0 Å². The molecule has 1 heterocycles. The van der Waals surface area contributed by atoms with E-state index in [4.69, 9.17) is 0 Å². The fourth-order valence-electron chi connectivity index (χ4n) is 2.51. The van der Waals surface area contributed by atoms with Crippen molar-refractivity contribution >= 4 is 32.6 Å². The minimum absolute atomic E-state index is 0.00355. The summed E-state index contributed by atoms with van der Waals surface area (Å²) in [5.74, 6) is -0.718. The van der Waals surface area contributed by atoms with Gasteiger partial charge >= 0.3 is 5.97 Å². The molecule has 7 nitrogen and oxygen atoms in total. The Morgan fingerprint density at radius 1 is 1.12 bits per heavy atom. The molecule has 0 fully saturated rings. The maximum absolute atomic E-state index is 12.8. The fourth-order valence-corrected chi connectivity index (χ4v) is 3.73. The summed E-state index contributed by atoms with van der Waals surface area (Å²) in [6.07, 6.45) is 0. The third-order valence-electron chi connectivity index (χ3n) is 3.92. The van der Waals surface area contributed by atoms with Crippen molar-refractivity contribution in [2.75, 3.05) is 18.5 Å². The molecule has 3 aromatic rings. The van der Waals surface area contributed by atoms with Crippen molar-refractivity contribution in [3.05, 3.63) is 60.3 Å². The average Bonchev–Trinajstić information content (AvgIpc) is 2.97. The number of ether oxygens (including phenoxy) is 1. The highest BCUT2D eigenvalue weighted by Gasteiger charge is 2.23. The Kier molecular flexibility index (Phi) is 4.13. The first kappa shape index (κ1) is 16.8. The van der Waals surface area contributed by atoms with Crippen LogP contribution < -0.4 is 4.31 Å². The lowest BCUT2D eigenvalue weighted by molar-refractivity contribution is 0.0554. The predicted octanol–water partition coefficient (Wildman–Crippen LogP) is 2.49. The third-order valence-corrected chi connectivity index (χ3v) is 5.70. The second-order valence-corrected chi connectivity index (χ2v) is 7.33. The minimum atomic E-state index is -3.82. The van der Waals surface area contributed by atoms with Crippen LogP contribution in [-0.4, -0.2) is 38.5 Å². The maximum Gasteiger partial charge on any atom is 0.358 e. The highest BCUT2D eigenvalue weighted by Crippen LogP contribution is 2.26. The SMILES string of the molecule is COC(=O)c1cc2ccc(S(=O)(=O)N(C)c3ccccc3)cc2n1O. The number of carbonyl (C=O) groups excluding carboxylic acids is 1. The van der Waals surface area contributed by atoms with Crippen LogP contribution in [-0.2, 0) is 14.8 Å². The number of para-hydroxylation sites is 1. The summed E-state index contributed by atoms with van der Waals surface area (Å²) < 4.78 is 32.0. The quantitative estimate of drug-likeness (QED) is 0.570. The molecule has 0 unspecified atom stereocenters. The summed E-state index contributed by atoms with van der Waals surface area (Å²) in [6.45, 7) is 0. The van der Waals surface area contributed by atoms with E-state index in [0.29, 0.717) is 15.8 Å². The van der Waals surface area contributed by atoms with Gasteiger partial charge in [-0.3, -0.25) is 4.31 Å². The molecule has 0 saturated carbocycles. The first-order chi connectivity index (χ1) is 11.9. The predicted molar refractivity (Wildman–Crippen MR) is 92.5 cm³/mol. The van der Waals surface area contributed by atoms with Crippen LogP contribution in [0.4, 0.5) is 5.69 Å². The van der Waals surface area contributed by atoms with Gasteiger partial charge in [0.25, 0.3) is 10.0 Å². The van der Waals surface area contributed by atoms with E-state index in [2.05, 4.69) is 4.74 Å². The summed E-state index contributed by atoms with van der Waals surface area (Å²) in [5, 5.41) is 10.7. The number of fused-ring (bicyclic) bond motifs is 1. The normalized spacial score (nSPS) is 11.4. The molecule has 3 rings (SSSR count). The van der Waals surface area contributed by atoms with E-state index in [1.165, 1.54) is 38.4 Å². The monoisotopic (exact) mass is 360 g/mol. The number of anilines is 1. The van der Waals surface area contributed by atoms with Gasteiger partial charge in [0.15, 0.2) is 5.69 Å². The number of rotatable bonds is 4. The van der Waals surface area contributed by atoms with Crippen molar-refractivity contribution in [1.82, 2.24) is 4.73 Å². The van der Waals surface area contributed by atoms with Crippen LogP contribution in [0.15, 0.2) is 59.5 Å². The van der Waals surface area contributed by atoms with Crippen LogP contribution >= 0.6 is 0 Å². The highest BCUT2D eigenvalue weighted by molar-refractivity contribution is 7.92. The lowest BCUT2D eigenvalue weighted by Crippen LogP contribution is -2.26. The first-order valence-corrected chi connectivity index (χ1v) is 8.77. The van der Waals surface area contributed by atoms with Gasteiger partial charge in [-0.05, 0) is 30.3 Å². The summed E-state index contributed by atoms with van der Waals surface area (Å²) >= 11 is 0. The zero-order chi connectivity index (χ0) is 18.2. The molecule has 0 amide bonds. The number of hydrogen-bond acceptors (Lipinski definition) is 5. The van der Waals surface area contributed by atoms with E-state index < -0.39 is 16.0 Å². The lowest BCUT2D eigenvalue weighted by atomic mass is 10.2. The number of nitrogens with zero attached hydrogens (tertiary/aromatic N) is 2. The zero-order valence-corrected chi connectivity index (χ0v) is 14.4. The maximum atomic E-state index is 12.8. The molecule has 2 aromatic carbocycles. The smallest absolute Gasteiger partial charge is 0.358 e. The van der Waals surface area contributed by atoms with Crippen molar-refractivity contribution < 1.29 is 23.2 Å². The molecule has 0 bridgehead atoms. The van der Waals surface area contributed by atoms with Gasteiger partial charge in [0.1, 0.15) is 0 Å². The molecule has 0 aliphatic carbocycles. The van der Waals surface area contributed by atoms with Gasteiger partial charge in [0.2, 0.25) is 0 Å². The Labute approximate surface area is 144 Å². The Morgan fingerprint density at radius 2 is 1.80 bits per heavy atom. The molecular formula is C17H16N2O5S. The van der Waals surface area contributed by atoms with Crippen LogP contribution in [0.5, 0.6) is 0 Å². The highest BCUT2D eigenvalue weighted by atomic mass is 32.2. The number of sulfonamides is 1.